The largest absolute Gasteiger partial charge is 0.475 e. The van der Waals surface area contributed by atoms with Crippen LogP contribution >= 0.6 is 0 Å². The van der Waals surface area contributed by atoms with Crippen LogP contribution in [0.3, 0.4) is 0 Å². The summed E-state index contributed by atoms with van der Waals surface area (Å²) >= 11 is 0. The molecule has 1 N–H and O–H groups in total. The van der Waals surface area contributed by atoms with Crippen LogP contribution < -0.4 is 0 Å². The highest BCUT2D eigenvalue weighted by Crippen LogP contribution is 2.29. The van der Waals surface area contributed by atoms with Crippen LogP contribution in [0.5, 0.6) is 0 Å². The molecule has 0 fully saturated rings. The molecule has 1 aliphatic rings. The van der Waals surface area contributed by atoms with Crippen molar-refractivity contribution in [3.63, 3.8) is 0 Å². The zero-order valence-electron chi connectivity index (χ0n) is 7.59. The van der Waals surface area contributed by atoms with Gasteiger partial charge in [0.05, 0.1) is 0 Å². The number of aromatic carboxylic acids is 1. The van der Waals surface area contributed by atoms with E-state index in [-0.39, 0.29) is 5.76 Å². The summed E-state index contributed by atoms with van der Waals surface area (Å²) in [5.41, 5.74) is 2.06. The molecule has 70 valence electrons. The molecule has 0 saturated carbocycles. The van der Waals surface area contributed by atoms with Gasteiger partial charge in [-0.3, -0.25) is 0 Å². The van der Waals surface area contributed by atoms with E-state index in [1.165, 1.54) is 0 Å². The Balaban J connectivity index is 2.53. The Morgan fingerprint density at radius 1 is 1.31 bits per heavy atom. The van der Waals surface area contributed by atoms with E-state index < -0.39 is 5.97 Å². The highest BCUT2D eigenvalue weighted by Gasteiger charge is 2.24. The molecule has 3 heteroatoms. The van der Waals surface area contributed by atoms with Gasteiger partial charge < -0.3 is 9.52 Å². The maximum atomic E-state index is 10.8. The van der Waals surface area contributed by atoms with Gasteiger partial charge in [0, 0.05) is 5.56 Å². The Kier molecular flexibility index (Phi) is 1.87. The van der Waals surface area contributed by atoms with Crippen molar-refractivity contribution in [2.75, 3.05) is 0 Å². The number of aryl methyl sites for hydroxylation is 1. The molecular formula is C10H12O3. The summed E-state index contributed by atoms with van der Waals surface area (Å²) in [5, 5.41) is 8.86. The van der Waals surface area contributed by atoms with Crippen LogP contribution in [0, 0.1) is 6.92 Å². The van der Waals surface area contributed by atoms with Crippen molar-refractivity contribution in [3.05, 3.63) is 22.6 Å². The Labute approximate surface area is 76.4 Å². The van der Waals surface area contributed by atoms with Gasteiger partial charge in [-0.25, -0.2) is 4.79 Å². The lowest BCUT2D eigenvalue weighted by Crippen LogP contribution is -2.05. The van der Waals surface area contributed by atoms with Gasteiger partial charge >= 0.3 is 5.97 Å². The van der Waals surface area contributed by atoms with E-state index in [1.807, 2.05) is 6.92 Å². The highest BCUT2D eigenvalue weighted by atomic mass is 16.4. The van der Waals surface area contributed by atoms with Gasteiger partial charge in [-0.05, 0) is 38.2 Å². The van der Waals surface area contributed by atoms with E-state index in [2.05, 4.69) is 0 Å². The van der Waals surface area contributed by atoms with Gasteiger partial charge in [0.1, 0.15) is 5.76 Å². The van der Waals surface area contributed by atoms with Crippen molar-refractivity contribution in [2.45, 2.75) is 32.6 Å². The zero-order valence-corrected chi connectivity index (χ0v) is 7.59. The van der Waals surface area contributed by atoms with Crippen molar-refractivity contribution in [2.24, 2.45) is 0 Å². The van der Waals surface area contributed by atoms with Crippen molar-refractivity contribution in [1.29, 1.82) is 0 Å². The molecule has 0 amide bonds. The Morgan fingerprint density at radius 3 is 2.54 bits per heavy atom. The maximum Gasteiger partial charge on any atom is 0.372 e. The molecule has 0 bridgehead atoms. The van der Waals surface area contributed by atoms with Gasteiger partial charge in [0.25, 0.3) is 0 Å². The molecule has 1 aromatic rings. The molecule has 0 aliphatic heterocycles. The molecule has 0 aromatic carbocycles. The molecule has 0 unspecified atom stereocenters. The van der Waals surface area contributed by atoms with Gasteiger partial charge in [0.2, 0.25) is 5.76 Å². The molecular weight excluding hydrogens is 168 g/mol. The van der Waals surface area contributed by atoms with Gasteiger partial charge in [-0.1, -0.05) is 0 Å². The minimum absolute atomic E-state index is 0.159. The number of fused-ring (bicyclic) bond motifs is 1. The third-order valence-corrected chi connectivity index (χ3v) is 2.62. The standard InChI is InChI=1S/C10H12O3/c1-6-7-4-2-3-5-8(7)9(13-6)10(11)12/h2-5H2,1H3,(H,11,12). The molecule has 2 rings (SSSR count). The van der Waals surface area contributed by atoms with Crippen molar-refractivity contribution in [1.82, 2.24) is 0 Å². The first-order valence-electron chi connectivity index (χ1n) is 4.54. The number of furan rings is 1. The van der Waals surface area contributed by atoms with Crippen molar-refractivity contribution >= 4 is 5.97 Å². The maximum absolute atomic E-state index is 10.8. The monoisotopic (exact) mass is 180 g/mol. The number of hydrogen-bond acceptors (Lipinski definition) is 2. The Hall–Kier alpha value is -1.25. The van der Waals surface area contributed by atoms with Gasteiger partial charge in [-0.15, -0.1) is 0 Å². The second-order valence-electron chi connectivity index (χ2n) is 3.46. The summed E-state index contributed by atoms with van der Waals surface area (Å²) in [6.45, 7) is 1.84. The predicted molar refractivity (Wildman–Crippen MR) is 47.0 cm³/mol. The smallest absolute Gasteiger partial charge is 0.372 e. The Morgan fingerprint density at radius 2 is 1.92 bits per heavy atom. The average molecular weight is 180 g/mol. The number of rotatable bonds is 1. The Bertz CT molecular complexity index is 349. The van der Waals surface area contributed by atoms with E-state index in [0.29, 0.717) is 0 Å². The number of carboxylic acids is 1. The zero-order chi connectivity index (χ0) is 9.42. The van der Waals surface area contributed by atoms with E-state index in [1.54, 1.807) is 0 Å². The summed E-state index contributed by atoms with van der Waals surface area (Å²) in [6.07, 6.45) is 4.05. The molecule has 0 spiro atoms. The number of hydrogen-bond donors (Lipinski definition) is 1. The fourth-order valence-electron chi connectivity index (χ4n) is 1.99. The van der Waals surface area contributed by atoms with Crippen LogP contribution in [0.2, 0.25) is 0 Å². The van der Waals surface area contributed by atoms with E-state index >= 15 is 0 Å². The fraction of sp³-hybridized carbons (Fsp3) is 0.500. The lowest BCUT2D eigenvalue weighted by Gasteiger charge is -2.10. The summed E-state index contributed by atoms with van der Waals surface area (Å²) in [4.78, 5) is 10.8. The average Bonchev–Trinajstić information content (AvgIpc) is 2.45. The lowest BCUT2D eigenvalue weighted by atomic mass is 9.92. The third kappa shape index (κ3) is 1.24. The summed E-state index contributed by atoms with van der Waals surface area (Å²) in [5.74, 6) is 0.00514. The van der Waals surface area contributed by atoms with Crippen LogP contribution in [0.1, 0.15) is 40.3 Å². The minimum atomic E-state index is -0.939. The quantitative estimate of drug-likeness (QED) is 0.720. The van der Waals surface area contributed by atoms with Gasteiger partial charge in [0.15, 0.2) is 0 Å². The summed E-state index contributed by atoms with van der Waals surface area (Å²) in [6, 6.07) is 0. The molecule has 0 atom stereocenters. The van der Waals surface area contributed by atoms with E-state index in [0.717, 1.165) is 42.6 Å². The fourth-order valence-corrected chi connectivity index (χ4v) is 1.99. The summed E-state index contributed by atoms with van der Waals surface area (Å²) in [7, 11) is 0. The highest BCUT2D eigenvalue weighted by molar-refractivity contribution is 5.87. The van der Waals surface area contributed by atoms with E-state index in [9.17, 15) is 4.79 Å². The number of carboxylic acid groups (broad SMARTS) is 1. The summed E-state index contributed by atoms with van der Waals surface area (Å²) < 4.78 is 5.23. The normalized spacial score (nSPS) is 15.5. The second-order valence-corrected chi connectivity index (χ2v) is 3.46. The first-order chi connectivity index (χ1) is 6.20. The molecule has 1 heterocycles. The van der Waals surface area contributed by atoms with Gasteiger partial charge in [-0.2, -0.15) is 0 Å². The topological polar surface area (TPSA) is 50.4 Å². The SMILES string of the molecule is Cc1oc(C(=O)O)c2c1CCCC2. The third-order valence-electron chi connectivity index (χ3n) is 2.62. The molecule has 0 radical (unpaired) electrons. The molecule has 1 aromatic heterocycles. The molecule has 0 saturated heterocycles. The van der Waals surface area contributed by atoms with Crippen LogP contribution in [0.15, 0.2) is 4.42 Å². The first kappa shape index (κ1) is 8.35. The number of carbonyl (C=O) groups is 1. The first-order valence-corrected chi connectivity index (χ1v) is 4.54. The van der Waals surface area contributed by atoms with Crippen LogP contribution in [0.25, 0.3) is 0 Å². The van der Waals surface area contributed by atoms with Crippen molar-refractivity contribution in [3.8, 4) is 0 Å². The minimum Gasteiger partial charge on any atom is -0.475 e. The van der Waals surface area contributed by atoms with E-state index in [4.69, 9.17) is 9.52 Å². The predicted octanol–water partition coefficient (Wildman–Crippen LogP) is 2.17. The van der Waals surface area contributed by atoms with Crippen LogP contribution in [0.4, 0.5) is 0 Å². The molecule has 13 heavy (non-hydrogen) atoms. The van der Waals surface area contributed by atoms with Crippen LogP contribution in [-0.2, 0) is 12.8 Å². The van der Waals surface area contributed by atoms with Crippen LogP contribution in [-0.4, -0.2) is 11.1 Å². The second kappa shape index (κ2) is 2.91. The molecule has 3 nitrogen and oxygen atoms in total. The lowest BCUT2D eigenvalue weighted by molar-refractivity contribution is 0.0659. The van der Waals surface area contributed by atoms with Crippen molar-refractivity contribution < 1.29 is 14.3 Å². The molecule has 1 aliphatic carbocycles.